The number of anilines is 1. The molecule has 0 radical (unpaired) electrons. The van der Waals surface area contributed by atoms with Crippen molar-refractivity contribution in [1.82, 2.24) is 29.5 Å². The highest BCUT2D eigenvalue weighted by molar-refractivity contribution is 7.91. The first kappa shape index (κ1) is 25.5. The van der Waals surface area contributed by atoms with Crippen LogP contribution in [-0.4, -0.2) is 43.7 Å². The quantitative estimate of drug-likeness (QED) is 0.331. The predicted molar refractivity (Wildman–Crippen MR) is 151 cm³/mol. The third kappa shape index (κ3) is 4.69. The molecule has 0 aliphatic heterocycles. The molecule has 3 aromatic heterocycles. The van der Waals surface area contributed by atoms with Crippen molar-refractivity contribution >= 4 is 26.8 Å². The van der Waals surface area contributed by atoms with E-state index in [9.17, 15) is 13.2 Å². The van der Waals surface area contributed by atoms with Crippen LogP contribution in [0.25, 0.3) is 22.6 Å². The van der Waals surface area contributed by atoms with Crippen molar-refractivity contribution in [3.8, 4) is 11.4 Å². The number of rotatable bonds is 8. The molecule has 4 aromatic rings. The molecule has 2 fully saturated rings. The minimum absolute atomic E-state index is 0. The Morgan fingerprint density at radius 1 is 1.08 bits per heavy atom. The van der Waals surface area contributed by atoms with Crippen LogP contribution in [0.2, 0.25) is 0 Å². The van der Waals surface area contributed by atoms with E-state index in [0.717, 1.165) is 54.6 Å². The van der Waals surface area contributed by atoms with Crippen LogP contribution in [0.4, 0.5) is 5.82 Å². The fourth-order valence-corrected chi connectivity index (χ4v) is 5.94. The van der Waals surface area contributed by atoms with Gasteiger partial charge in [0.15, 0.2) is 27.1 Å². The van der Waals surface area contributed by atoms with E-state index in [1.54, 1.807) is 48.3 Å². The molecule has 1 aromatic carbocycles. The van der Waals surface area contributed by atoms with E-state index in [2.05, 4.69) is 25.3 Å². The summed E-state index contributed by atoms with van der Waals surface area (Å²) < 4.78 is 26.1. The number of benzene rings is 1. The normalized spacial score (nSPS) is 16.7. The molecule has 2 saturated carbocycles. The summed E-state index contributed by atoms with van der Waals surface area (Å²) in [5.41, 5.74) is 4.31. The predicted octanol–water partition coefficient (Wildman–Crippen LogP) is 4.77. The molecule has 204 valence electrons. The van der Waals surface area contributed by atoms with Crippen LogP contribution in [-0.2, 0) is 9.84 Å². The maximum atomic E-state index is 13.8. The number of hydrogen-bond donors (Lipinski definition) is 1. The van der Waals surface area contributed by atoms with E-state index < -0.39 is 9.84 Å². The van der Waals surface area contributed by atoms with Crippen LogP contribution >= 0.6 is 0 Å². The van der Waals surface area contributed by atoms with Crippen molar-refractivity contribution in [1.29, 1.82) is 0 Å². The molecule has 39 heavy (non-hydrogen) atoms. The second-order valence-electron chi connectivity index (χ2n) is 10.5. The lowest BCUT2D eigenvalue weighted by atomic mass is 9.93. The highest BCUT2D eigenvalue weighted by Crippen LogP contribution is 2.43. The van der Waals surface area contributed by atoms with Gasteiger partial charge in [0.25, 0.3) is 5.56 Å². The highest BCUT2D eigenvalue weighted by atomic mass is 32.2. The Hall–Kier alpha value is -3.73. The molecule has 0 amide bonds. The van der Waals surface area contributed by atoms with E-state index in [1.165, 1.54) is 0 Å². The first-order chi connectivity index (χ1) is 18.8. The number of nitrogens with zero attached hydrogens (tertiary/aromatic N) is 6. The van der Waals surface area contributed by atoms with Crippen molar-refractivity contribution in [3.05, 3.63) is 64.1 Å². The zero-order valence-corrected chi connectivity index (χ0v) is 23.1. The van der Waals surface area contributed by atoms with Crippen molar-refractivity contribution in [2.24, 2.45) is 0 Å². The van der Waals surface area contributed by atoms with Gasteiger partial charge in [-0.05, 0) is 63.6 Å². The zero-order valence-electron chi connectivity index (χ0n) is 22.3. The Balaban J connectivity index is 0.00000323. The van der Waals surface area contributed by atoms with Gasteiger partial charge in [0, 0.05) is 13.4 Å². The maximum absolute atomic E-state index is 13.8. The van der Waals surface area contributed by atoms with E-state index in [0.29, 0.717) is 22.9 Å². The van der Waals surface area contributed by atoms with Gasteiger partial charge in [-0.25, -0.2) is 33.3 Å². The molecule has 3 heterocycles. The minimum Gasteiger partial charge on any atom is -0.359 e. The lowest BCUT2D eigenvalue weighted by molar-refractivity contribution is 0.313. The second kappa shape index (κ2) is 9.78. The summed E-state index contributed by atoms with van der Waals surface area (Å²) in [6, 6.07) is 6.52. The molecule has 6 rings (SSSR count). The molecule has 0 bridgehead atoms. The Kier molecular flexibility index (Phi) is 6.41. The van der Waals surface area contributed by atoms with E-state index >= 15 is 0 Å². The number of hydrogen-bond acceptors (Lipinski definition) is 9. The number of aryl methyl sites for hydroxylation is 1. The van der Waals surface area contributed by atoms with Crippen molar-refractivity contribution in [3.63, 3.8) is 0 Å². The van der Waals surface area contributed by atoms with Gasteiger partial charge < -0.3 is 5.32 Å². The molecule has 2 aliphatic carbocycles. The highest BCUT2D eigenvalue weighted by Gasteiger charge is 2.31. The van der Waals surface area contributed by atoms with Gasteiger partial charge >= 0.3 is 0 Å². The monoisotopic (exact) mass is 547 g/mol. The topological polar surface area (TPSA) is 133 Å². The number of sulfone groups is 1. The van der Waals surface area contributed by atoms with Crippen molar-refractivity contribution in [2.45, 2.75) is 75.8 Å². The Morgan fingerprint density at radius 2 is 1.82 bits per heavy atom. The molecule has 0 saturated heterocycles. The van der Waals surface area contributed by atoms with Crippen LogP contribution in [0.15, 0.2) is 46.5 Å². The second-order valence-corrected chi connectivity index (χ2v) is 12.7. The van der Waals surface area contributed by atoms with Crippen LogP contribution in [0.3, 0.4) is 0 Å². The summed E-state index contributed by atoms with van der Waals surface area (Å²) in [6.45, 7) is 5.48. The molecule has 0 unspecified atom stereocenters. The van der Waals surface area contributed by atoms with Crippen LogP contribution < -0.4 is 10.9 Å². The molecule has 2 aliphatic rings. The molecule has 11 heteroatoms. The van der Waals surface area contributed by atoms with Crippen molar-refractivity contribution < 1.29 is 9.84 Å². The van der Waals surface area contributed by atoms with Crippen LogP contribution in [0.5, 0.6) is 0 Å². The third-order valence-electron chi connectivity index (χ3n) is 7.80. The summed E-state index contributed by atoms with van der Waals surface area (Å²) >= 11 is 0. The lowest BCUT2D eigenvalue weighted by Crippen LogP contribution is -2.33. The Labute approximate surface area is 228 Å². The molecule has 1 N–H and O–H groups in total. The fraction of sp³-hybridized carbons (Fsp3) is 0.429. The first-order valence-electron chi connectivity index (χ1n) is 13.5. The number of nitrogens with one attached hydrogen (secondary N) is 1. The average Bonchev–Trinajstić information content (AvgIpc) is 3.75. The Morgan fingerprint density at radius 3 is 2.46 bits per heavy atom. The molecular weight excluding hydrogens is 514 g/mol. The van der Waals surface area contributed by atoms with Crippen LogP contribution in [0.1, 0.15) is 82.3 Å². The van der Waals surface area contributed by atoms with Gasteiger partial charge in [0.05, 0.1) is 39.8 Å². The summed E-state index contributed by atoms with van der Waals surface area (Å²) in [5, 5.41) is 3.25. The zero-order chi connectivity index (χ0) is 27.3. The van der Waals surface area contributed by atoms with Crippen LogP contribution in [0, 0.1) is 6.92 Å². The van der Waals surface area contributed by atoms with E-state index in [1.807, 2.05) is 13.8 Å². The largest absolute Gasteiger partial charge is 0.359 e. The SMILES string of the molecule is CCS(=O)(=O)c1ccc([C@@H](C)Nc2nc3cnc(-c4c(C)ncnc4C4CC4)nc3n(C3CCC3)c2=O)cc1.[HH]. The third-order valence-corrected chi connectivity index (χ3v) is 9.55. The van der Waals surface area contributed by atoms with Gasteiger partial charge in [-0.1, -0.05) is 19.1 Å². The van der Waals surface area contributed by atoms with Gasteiger partial charge in [-0.15, -0.1) is 0 Å². The van der Waals surface area contributed by atoms with Crippen molar-refractivity contribution in [2.75, 3.05) is 11.1 Å². The average molecular weight is 548 g/mol. The van der Waals surface area contributed by atoms with E-state index in [-0.39, 0.29) is 35.5 Å². The Bertz CT molecular complexity index is 1730. The lowest BCUT2D eigenvalue weighted by Gasteiger charge is -2.29. The fourth-order valence-electron chi connectivity index (χ4n) is 5.05. The number of aromatic nitrogens is 6. The molecule has 0 spiro atoms. The number of fused-ring (bicyclic) bond motifs is 1. The smallest absolute Gasteiger partial charge is 0.295 e. The summed E-state index contributed by atoms with van der Waals surface area (Å²) in [4.78, 5) is 37.2. The molecule has 10 nitrogen and oxygen atoms in total. The molecular formula is C28H33N7O3S. The molecule has 1 atom stereocenters. The summed E-state index contributed by atoms with van der Waals surface area (Å²) in [5.74, 6) is 1.19. The summed E-state index contributed by atoms with van der Waals surface area (Å²) in [6.07, 6.45) is 8.32. The maximum Gasteiger partial charge on any atom is 0.295 e. The van der Waals surface area contributed by atoms with Gasteiger partial charge in [-0.2, -0.15) is 0 Å². The summed E-state index contributed by atoms with van der Waals surface area (Å²) in [7, 11) is -3.28. The van der Waals surface area contributed by atoms with Gasteiger partial charge in [0.1, 0.15) is 11.8 Å². The minimum atomic E-state index is -3.28. The first-order valence-corrected chi connectivity index (χ1v) is 15.1. The van der Waals surface area contributed by atoms with Gasteiger partial charge in [-0.3, -0.25) is 9.36 Å². The van der Waals surface area contributed by atoms with Gasteiger partial charge in [0.2, 0.25) is 0 Å². The standard InChI is InChI=1S/C28H31N7O3S.H2/c1-4-39(37,38)21-12-10-18(11-13-21)16(2)32-26-28(36)35(20-6-5-7-20)27-22(33-26)14-29-25(34-27)23-17(3)30-15-31-24(23)19-8-9-19;/h10-16,19-20H,4-9H2,1-3H3,(H,32,33);1H/t16-;/m1./s1. The van der Waals surface area contributed by atoms with E-state index in [4.69, 9.17) is 4.98 Å².